The summed E-state index contributed by atoms with van der Waals surface area (Å²) >= 11 is 12.5. The number of nitrogens with one attached hydrogen (secondary N) is 3. The van der Waals surface area contributed by atoms with Crippen molar-refractivity contribution in [3.8, 4) is 5.69 Å². The second kappa shape index (κ2) is 9.16. The van der Waals surface area contributed by atoms with Gasteiger partial charge in [-0.1, -0.05) is 29.3 Å². The summed E-state index contributed by atoms with van der Waals surface area (Å²) in [4.78, 5) is 29.2. The Hall–Kier alpha value is -3.40. The number of benzene rings is 2. The highest BCUT2D eigenvalue weighted by molar-refractivity contribution is 6.37. The number of halogens is 2. The summed E-state index contributed by atoms with van der Waals surface area (Å²) in [5, 5.41) is 12.7. The molecule has 37 heavy (non-hydrogen) atoms. The van der Waals surface area contributed by atoms with Crippen LogP contribution >= 0.6 is 23.2 Å². The third kappa shape index (κ3) is 4.37. The maximum absolute atomic E-state index is 12.9. The molecule has 1 spiro atoms. The third-order valence-corrected chi connectivity index (χ3v) is 7.99. The Morgan fingerprint density at radius 3 is 2.38 bits per heavy atom. The van der Waals surface area contributed by atoms with Crippen molar-refractivity contribution in [2.75, 3.05) is 43.4 Å². The average molecular weight is 537 g/mol. The Kier molecular flexibility index (Phi) is 5.94. The van der Waals surface area contributed by atoms with Crippen LogP contribution in [-0.2, 0) is 0 Å². The van der Waals surface area contributed by atoms with Crippen molar-refractivity contribution < 1.29 is 0 Å². The standard InChI is InChI=1S/C26H26Cl2N8O/c1-34-14-26(15-34)9-11-35(12-10-26)17-7-5-16(6-8-17)31-24-30-13-18-22(29)36(25(37)33-23(18)32-24)21-19(27)3-2-4-20(21)28/h2-8,13,29H,9-12,14-15H2,1H3,(H2,30,31,32,33,37). The lowest BCUT2D eigenvalue weighted by Crippen LogP contribution is -2.58. The van der Waals surface area contributed by atoms with E-state index < -0.39 is 5.69 Å². The van der Waals surface area contributed by atoms with E-state index in [4.69, 9.17) is 28.6 Å². The molecule has 2 aliphatic rings. The van der Waals surface area contributed by atoms with Crippen molar-refractivity contribution in [2.24, 2.45) is 5.41 Å². The minimum atomic E-state index is -0.571. The fraction of sp³-hybridized carbons (Fsp3) is 0.308. The summed E-state index contributed by atoms with van der Waals surface area (Å²) in [5.74, 6) is 0.317. The van der Waals surface area contributed by atoms with Crippen LogP contribution in [0.4, 0.5) is 17.3 Å². The molecule has 11 heteroatoms. The van der Waals surface area contributed by atoms with Gasteiger partial charge in [-0.05, 0) is 61.7 Å². The van der Waals surface area contributed by atoms with Gasteiger partial charge in [0.05, 0.1) is 21.1 Å². The largest absolute Gasteiger partial charge is 0.371 e. The molecule has 4 heterocycles. The van der Waals surface area contributed by atoms with E-state index in [-0.39, 0.29) is 26.9 Å². The average Bonchev–Trinajstić information content (AvgIpc) is 2.86. The molecular weight excluding hydrogens is 511 g/mol. The van der Waals surface area contributed by atoms with Gasteiger partial charge in [-0.3, -0.25) is 10.4 Å². The molecule has 0 bridgehead atoms. The van der Waals surface area contributed by atoms with E-state index in [0.717, 1.165) is 23.3 Å². The molecule has 0 aliphatic carbocycles. The lowest BCUT2D eigenvalue weighted by molar-refractivity contribution is 0.00132. The Balaban J connectivity index is 1.21. The number of aromatic nitrogens is 4. The van der Waals surface area contributed by atoms with Gasteiger partial charge in [-0.25, -0.2) is 14.3 Å². The van der Waals surface area contributed by atoms with Crippen LogP contribution in [0.2, 0.25) is 10.0 Å². The summed E-state index contributed by atoms with van der Waals surface area (Å²) < 4.78 is 1.12. The number of piperidine rings is 1. The SMILES string of the molecule is CN1CC2(CCN(c3ccc(Nc4ncc5c(=N)n(-c6c(Cl)cccc6Cl)c(=O)[nH]c5n4)cc3)CC2)C1. The first-order chi connectivity index (χ1) is 17.8. The van der Waals surface area contributed by atoms with Gasteiger partial charge < -0.3 is 15.1 Å². The number of likely N-dealkylation sites (tertiary alicyclic amines) is 1. The molecule has 4 aromatic rings. The van der Waals surface area contributed by atoms with Crippen LogP contribution in [0.15, 0.2) is 53.5 Å². The lowest BCUT2D eigenvalue weighted by Gasteiger charge is -2.53. The normalized spacial score (nSPS) is 17.2. The molecule has 2 aliphatic heterocycles. The topological polar surface area (TPSA) is 106 Å². The molecule has 0 saturated carbocycles. The molecule has 2 aromatic carbocycles. The first-order valence-electron chi connectivity index (χ1n) is 12.1. The first kappa shape index (κ1) is 24.0. The number of hydrogen-bond acceptors (Lipinski definition) is 7. The summed E-state index contributed by atoms with van der Waals surface area (Å²) in [6, 6.07) is 13.1. The number of H-pyrrole nitrogens is 1. The van der Waals surface area contributed by atoms with E-state index in [2.05, 4.69) is 49.2 Å². The second-order valence-electron chi connectivity index (χ2n) is 9.97. The number of rotatable bonds is 4. The number of para-hydroxylation sites is 1. The smallest absolute Gasteiger partial charge is 0.333 e. The van der Waals surface area contributed by atoms with Crippen molar-refractivity contribution in [1.29, 1.82) is 5.41 Å². The zero-order valence-corrected chi connectivity index (χ0v) is 21.8. The minimum Gasteiger partial charge on any atom is -0.371 e. The molecule has 2 fully saturated rings. The molecule has 0 unspecified atom stereocenters. The van der Waals surface area contributed by atoms with Crippen molar-refractivity contribution in [3.05, 3.63) is 74.7 Å². The Labute approximate surface area is 223 Å². The summed E-state index contributed by atoms with van der Waals surface area (Å²) in [6.45, 7) is 4.60. The third-order valence-electron chi connectivity index (χ3n) is 7.38. The molecule has 0 atom stereocenters. The monoisotopic (exact) mass is 536 g/mol. The van der Waals surface area contributed by atoms with Gasteiger partial charge in [0.15, 0.2) is 5.65 Å². The van der Waals surface area contributed by atoms with Crippen molar-refractivity contribution in [2.45, 2.75) is 12.8 Å². The fourth-order valence-corrected chi connectivity index (χ4v) is 6.11. The predicted molar refractivity (Wildman–Crippen MR) is 146 cm³/mol. The number of fused-ring (bicyclic) bond motifs is 1. The van der Waals surface area contributed by atoms with Gasteiger partial charge in [0, 0.05) is 43.8 Å². The van der Waals surface area contributed by atoms with E-state index in [1.807, 2.05) is 12.1 Å². The summed E-state index contributed by atoms with van der Waals surface area (Å²) in [7, 11) is 2.19. The van der Waals surface area contributed by atoms with Gasteiger partial charge in [0.2, 0.25) is 5.95 Å². The molecular formula is C26H26Cl2N8O. The van der Waals surface area contributed by atoms with Crippen LogP contribution in [-0.4, -0.2) is 57.6 Å². The van der Waals surface area contributed by atoms with E-state index in [1.165, 1.54) is 37.8 Å². The molecule has 0 amide bonds. The van der Waals surface area contributed by atoms with Gasteiger partial charge in [-0.2, -0.15) is 4.98 Å². The van der Waals surface area contributed by atoms with Crippen LogP contribution < -0.4 is 21.4 Å². The Bertz CT molecular complexity index is 1580. The van der Waals surface area contributed by atoms with Crippen LogP contribution in [0.5, 0.6) is 0 Å². The van der Waals surface area contributed by atoms with Crippen LogP contribution in [0.3, 0.4) is 0 Å². The Morgan fingerprint density at radius 2 is 1.73 bits per heavy atom. The zero-order valence-electron chi connectivity index (χ0n) is 20.3. The Morgan fingerprint density at radius 1 is 1.05 bits per heavy atom. The quantitative estimate of drug-likeness (QED) is 0.361. The molecule has 190 valence electrons. The fourth-order valence-electron chi connectivity index (χ4n) is 5.54. The molecule has 2 aromatic heterocycles. The molecule has 6 rings (SSSR count). The molecule has 0 radical (unpaired) electrons. The lowest BCUT2D eigenvalue weighted by atomic mass is 9.72. The van der Waals surface area contributed by atoms with Gasteiger partial charge in [0.25, 0.3) is 0 Å². The van der Waals surface area contributed by atoms with Crippen LogP contribution in [0.1, 0.15) is 12.8 Å². The summed E-state index contributed by atoms with van der Waals surface area (Å²) in [5.41, 5.74) is 2.37. The van der Waals surface area contributed by atoms with Gasteiger partial charge in [0.1, 0.15) is 5.49 Å². The molecule has 9 nitrogen and oxygen atoms in total. The molecule has 3 N–H and O–H groups in total. The van der Waals surface area contributed by atoms with E-state index in [1.54, 1.807) is 18.2 Å². The van der Waals surface area contributed by atoms with E-state index in [0.29, 0.717) is 16.7 Å². The number of aromatic amines is 1. The summed E-state index contributed by atoms with van der Waals surface area (Å²) in [6.07, 6.45) is 3.97. The van der Waals surface area contributed by atoms with E-state index in [9.17, 15) is 4.79 Å². The minimum absolute atomic E-state index is 0.110. The predicted octanol–water partition coefficient (Wildman–Crippen LogP) is 4.17. The number of nitrogens with zero attached hydrogens (tertiary/aromatic N) is 5. The van der Waals surface area contributed by atoms with Crippen molar-refractivity contribution >= 4 is 51.6 Å². The van der Waals surface area contributed by atoms with Gasteiger partial charge in [-0.15, -0.1) is 0 Å². The van der Waals surface area contributed by atoms with Crippen LogP contribution in [0, 0.1) is 10.8 Å². The highest BCUT2D eigenvalue weighted by atomic mass is 35.5. The van der Waals surface area contributed by atoms with Crippen LogP contribution in [0.25, 0.3) is 16.7 Å². The molecule has 2 saturated heterocycles. The van der Waals surface area contributed by atoms with Gasteiger partial charge >= 0.3 is 5.69 Å². The first-order valence-corrected chi connectivity index (χ1v) is 12.9. The van der Waals surface area contributed by atoms with E-state index >= 15 is 0 Å². The second-order valence-corrected chi connectivity index (χ2v) is 10.8. The maximum atomic E-state index is 12.9. The maximum Gasteiger partial charge on any atom is 0.333 e. The van der Waals surface area contributed by atoms with Crippen molar-refractivity contribution in [3.63, 3.8) is 0 Å². The number of hydrogen-bond donors (Lipinski definition) is 3. The highest BCUT2D eigenvalue weighted by Gasteiger charge is 2.43. The number of anilines is 3. The zero-order chi connectivity index (χ0) is 25.7. The highest BCUT2D eigenvalue weighted by Crippen LogP contribution is 2.40. The van der Waals surface area contributed by atoms with Crippen molar-refractivity contribution in [1.82, 2.24) is 24.4 Å².